The van der Waals surface area contributed by atoms with Crippen LogP contribution in [0.2, 0.25) is 0 Å². The van der Waals surface area contributed by atoms with Crippen LogP contribution in [-0.2, 0) is 9.59 Å². The standard InChI is InChI=1S/C14H24N4O3/c1-10(18-8-7-15-12(19)9-18)13(20)17-14(21)16-11-5-3-2-4-6-11/h10-11H,2-9H2,1H3,(H,15,19)(H2,16,17,20,21)/t10-/m0/s1. The van der Waals surface area contributed by atoms with Crippen LogP contribution >= 0.6 is 0 Å². The number of nitrogens with zero attached hydrogens (tertiary/aromatic N) is 1. The van der Waals surface area contributed by atoms with E-state index in [2.05, 4.69) is 16.0 Å². The summed E-state index contributed by atoms with van der Waals surface area (Å²) < 4.78 is 0. The summed E-state index contributed by atoms with van der Waals surface area (Å²) in [5, 5.41) is 7.93. The fourth-order valence-corrected chi connectivity index (χ4v) is 2.84. The Hall–Kier alpha value is -1.63. The van der Waals surface area contributed by atoms with Gasteiger partial charge in [-0.1, -0.05) is 19.3 Å². The summed E-state index contributed by atoms with van der Waals surface area (Å²) in [4.78, 5) is 37.0. The lowest BCUT2D eigenvalue weighted by Gasteiger charge is -2.31. The highest BCUT2D eigenvalue weighted by molar-refractivity contribution is 5.97. The van der Waals surface area contributed by atoms with E-state index in [4.69, 9.17) is 0 Å². The molecule has 21 heavy (non-hydrogen) atoms. The zero-order valence-electron chi connectivity index (χ0n) is 12.5. The Kier molecular flexibility index (Phi) is 5.55. The summed E-state index contributed by atoms with van der Waals surface area (Å²) in [6.45, 7) is 3.05. The normalized spacial score (nSPS) is 22.2. The monoisotopic (exact) mass is 296 g/mol. The molecule has 118 valence electrons. The predicted molar refractivity (Wildman–Crippen MR) is 77.6 cm³/mol. The number of urea groups is 1. The molecular weight excluding hydrogens is 272 g/mol. The minimum Gasteiger partial charge on any atom is -0.354 e. The molecule has 2 fully saturated rings. The van der Waals surface area contributed by atoms with E-state index in [0.717, 1.165) is 25.7 Å². The third-order valence-corrected chi connectivity index (χ3v) is 4.17. The molecule has 0 aromatic heterocycles. The number of nitrogens with one attached hydrogen (secondary N) is 3. The summed E-state index contributed by atoms with van der Waals surface area (Å²) in [6.07, 6.45) is 5.41. The van der Waals surface area contributed by atoms with Crippen molar-refractivity contribution in [1.82, 2.24) is 20.9 Å². The van der Waals surface area contributed by atoms with Crippen molar-refractivity contribution in [3.8, 4) is 0 Å². The average Bonchev–Trinajstić information content (AvgIpc) is 2.47. The first-order valence-electron chi connectivity index (χ1n) is 7.68. The first kappa shape index (κ1) is 15.8. The van der Waals surface area contributed by atoms with Gasteiger partial charge in [-0.2, -0.15) is 0 Å². The quantitative estimate of drug-likeness (QED) is 0.682. The van der Waals surface area contributed by atoms with Crippen LogP contribution in [0.4, 0.5) is 4.79 Å². The van der Waals surface area contributed by atoms with Gasteiger partial charge in [-0.05, 0) is 19.8 Å². The third kappa shape index (κ3) is 4.70. The molecule has 1 atom stereocenters. The van der Waals surface area contributed by atoms with Gasteiger partial charge in [-0.25, -0.2) is 4.79 Å². The predicted octanol–water partition coefficient (Wildman–Crippen LogP) is -0.0348. The summed E-state index contributed by atoms with van der Waals surface area (Å²) >= 11 is 0. The van der Waals surface area contributed by atoms with Crippen LogP contribution in [0.25, 0.3) is 0 Å². The van der Waals surface area contributed by atoms with E-state index in [1.165, 1.54) is 6.42 Å². The molecule has 4 amide bonds. The number of carbonyl (C=O) groups is 3. The molecule has 7 nitrogen and oxygen atoms in total. The van der Waals surface area contributed by atoms with E-state index in [9.17, 15) is 14.4 Å². The largest absolute Gasteiger partial charge is 0.354 e. The molecule has 0 unspecified atom stereocenters. The Morgan fingerprint density at radius 1 is 1.29 bits per heavy atom. The first-order valence-corrected chi connectivity index (χ1v) is 7.68. The fourth-order valence-electron chi connectivity index (χ4n) is 2.84. The Labute approximate surface area is 124 Å². The smallest absolute Gasteiger partial charge is 0.321 e. The Bertz CT molecular complexity index is 407. The van der Waals surface area contributed by atoms with E-state index in [1.807, 2.05) is 0 Å². The number of piperazine rings is 1. The van der Waals surface area contributed by atoms with Gasteiger partial charge in [0, 0.05) is 19.1 Å². The molecule has 0 radical (unpaired) electrons. The van der Waals surface area contributed by atoms with Crippen molar-refractivity contribution in [2.75, 3.05) is 19.6 Å². The van der Waals surface area contributed by atoms with Gasteiger partial charge >= 0.3 is 6.03 Å². The summed E-state index contributed by atoms with van der Waals surface area (Å²) in [5.74, 6) is -0.453. The summed E-state index contributed by atoms with van der Waals surface area (Å²) in [6, 6.07) is -0.754. The minimum absolute atomic E-state index is 0.0902. The SMILES string of the molecule is C[C@@H](C(=O)NC(=O)NC1CCCCC1)N1CCNC(=O)C1. The zero-order chi connectivity index (χ0) is 15.2. The van der Waals surface area contributed by atoms with Crippen molar-refractivity contribution < 1.29 is 14.4 Å². The average molecular weight is 296 g/mol. The van der Waals surface area contributed by atoms with Crippen molar-refractivity contribution in [3.05, 3.63) is 0 Å². The molecular formula is C14H24N4O3. The van der Waals surface area contributed by atoms with E-state index in [0.29, 0.717) is 13.1 Å². The number of carbonyl (C=O) groups excluding carboxylic acids is 3. The minimum atomic E-state index is -0.492. The van der Waals surface area contributed by atoms with Crippen LogP contribution < -0.4 is 16.0 Å². The van der Waals surface area contributed by atoms with E-state index in [-0.39, 0.29) is 24.4 Å². The van der Waals surface area contributed by atoms with Crippen LogP contribution in [0.15, 0.2) is 0 Å². The molecule has 0 aromatic rings. The van der Waals surface area contributed by atoms with Gasteiger partial charge in [0.25, 0.3) is 0 Å². The molecule has 1 aliphatic heterocycles. The van der Waals surface area contributed by atoms with Crippen LogP contribution in [-0.4, -0.2) is 54.5 Å². The van der Waals surface area contributed by atoms with Crippen LogP contribution in [0.5, 0.6) is 0 Å². The lowest BCUT2D eigenvalue weighted by molar-refractivity contribution is -0.129. The van der Waals surface area contributed by atoms with Gasteiger partial charge in [0.15, 0.2) is 0 Å². The fraction of sp³-hybridized carbons (Fsp3) is 0.786. The maximum Gasteiger partial charge on any atom is 0.321 e. The van der Waals surface area contributed by atoms with Gasteiger partial charge in [0.1, 0.15) is 0 Å². The molecule has 1 saturated carbocycles. The van der Waals surface area contributed by atoms with E-state index in [1.54, 1.807) is 11.8 Å². The molecule has 1 aliphatic carbocycles. The lowest BCUT2D eigenvalue weighted by atomic mass is 9.96. The molecule has 0 aromatic carbocycles. The Balaban J connectivity index is 1.76. The van der Waals surface area contributed by atoms with Crippen LogP contribution in [0, 0.1) is 0 Å². The number of imide groups is 1. The van der Waals surface area contributed by atoms with E-state index < -0.39 is 12.1 Å². The lowest BCUT2D eigenvalue weighted by Crippen LogP contribution is -2.56. The van der Waals surface area contributed by atoms with Crippen molar-refractivity contribution in [2.45, 2.75) is 51.1 Å². The second-order valence-electron chi connectivity index (χ2n) is 5.79. The van der Waals surface area contributed by atoms with Gasteiger partial charge in [-0.3, -0.25) is 19.8 Å². The molecule has 3 N–H and O–H groups in total. The molecule has 2 rings (SSSR count). The second kappa shape index (κ2) is 7.40. The van der Waals surface area contributed by atoms with Crippen molar-refractivity contribution in [2.24, 2.45) is 0 Å². The number of rotatable bonds is 3. The Morgan fingerprint density at radius 3 is 2.67 bits per heavy atom. The van der Waals surface area contributed by atoms with Gasteiger partial charge in [-0.15, -0.1) is 0 Å². The van der Waals surface area contributed by atoms with E-state index >= 15 is 0 Å². The highest BCUT2D eigenvalue weighted by Gasteiger charge is 2.27. The molecule has 1 heterocycles. The third-order valence-electron chi connectivity index (χ3n) is 4.17. The zero-order valence-corrected chi connectivity index (χ0v) is 12.5. The Morgan fingerprint density at radius 2 is 2.00 bits per heavy atom. The number of hydrogen-bond donors (Lipinski definition) is 3. The molecule has 1 saturated heterocycles. The number of amides is 4. The number of hydrogen-bond acceptors (Lipinski definition) is 4. The van der Waals surface area contributed by atoms with Gasteiger partial charge in [0.05, 0.1) is 12.6 Å². The highest BCUT2D eigenvalue weighted by Crippen LogP contribution is 2.17. The van der Waals surface area contributed by atoms with Gasteiger partial charge < -0.3 is 10.6 Å². The maximum atomic E-state index is 12.1. The molecule has 0 bridgehead atoms. The van der Waals surface area contributed by atoms with Gasteiger partial charge in [0.2, 0.25) is 11.8 Å². The maximum absolute atomic E-state index is 12.1. The molecule has 7 heteroatoms. The highest BCUT2D eigenvalue weighted by atomic mass is 16.2. The van der Waals surface area contributed by atoms with Crippen molar-refractivity contribution >= 4 is 17.8 Å². The topological polar surface area (TPSA) is 90.5 Å². The molecule has 2 aliphatic rings. The summed E-state index contributed by atoms with van der Waals surface area (Å²) in [5.41, 5.74) is 0. The second-order valence-corrected chi connectivity index (χ2v) is 5.79. The van der Waals surface area contributed by atoms with Crippen molar-refractivity contribution in [3.63, 3.8) is 0 Å². The van der Waals surface area contributed by atoms with Crippen LogP contribution in [0.1, 0.15) is 39.0 Å². The first-order chi connectivity index (χ1) is 10.1. The molecule has 0 spiro atoms. The van der Waals surface area contributed by atoms with Crippen molar-refractivity contribution in [1.29, 1.82) is 0 Å². The van der Waals surface area contributed by atoms with Crippen LogP contribution in [0.3, 0.4) is 0 Å². The summed E-state index contributed by atoms with van der Waals surface area (Å²) in [7, 11) is 0.